The molecule has 1 unspecified atom stereocenters. The average Bonchev–Trinajstić information content (AvgIpc) is 3.19. The molecule has 6 nitrogen and oxygen atoms in total. The van der Waals surface area contributed by atoms with Crippen molar-refractivity contribution in [3.05, 3.63) is 48.6 Å². The molecule has 0 N–H and O–H groups in total. The Kier molecular flexibility index (Phi) is 43.0. The minimum absolute atomic E-state index is 0.0911. The molecule has 6 heteroatoms. The lowest BCUT2D eigenvalue weighted by atomic mass is 10.1. The lowest BCUT2D eigenvalue weighted by Crippen LogP contribution is -2.30. The molecule has 324 valence electrons. The minimum Gasteiger partial charge on any atom is -0.462 e. The van der Waals surface area contributed by atoms with Gasteiger partial charge in [-0.2, -0.15) is 0 Å². The molecular weight excluding hydrogens is 697 g/mol. The summed E-state index contributed by atoms with van der Waals surface area (Å²) >= 11 is 0. The minimum atomic E-state index is -0.789. The van der Waals surface area contributed by atoms with E-state index in [2.05, 4.69) is 69.4 Å². The average molecular weight is 785 g/mol. The van der Waals surface area contributed by atoms with Gasteiger partial charge in [-0.1, -0.05) is 172 Å². The maximum Gasteiger partial charge on any atom is 0.306 e. The van der Waals surface area contributed by atoms with Crippen molar-refractivity contribution < 1.29 is 28.6 Å². The molecule has 0 aliphatic rings. The van der Waals surface area contributed by atoms with Gasteiger partial charge >= 0.3 is 17.9 Å². The predicted octanol–water partition coefficient (Wildman–Crippen LogP) is 15.1. The van der Waals surface area contributed by atoms with Crippen molar-refractivity contribution in [1.29, 1.82) is 0 Å². The monoisotopic (exact) mass is 785 g/mol. The Morgan fingerprint density at radius 3 is 1.11 bits per heavy atom. The van der Waals surface area contributed by atoms with Crippen LogP contribution in [0.5, 0.6) is 0 Å². The van der Waals surface area contributed by atoms with E-state index in [-0.39, 0.29) is 31.1 Å². The second kappa shape index (κ2) is 45.1. The first-order valence-corrected chi connectivity index (χ1v) is 23.7. The summed E-state index contributed by atoms with van der Waals surface area (Å²) in [5.74, 6) is -0.941. The molecule has 0 rings (SSSR count). The van der Waals surface area contributed by atoms with Crippen molar-refractivity contribution in [2.75, 3.05) is 13.2 Å². The van der Waals surface area contributed by atoms with Crippen molar-refractivity contribution >= 4 is 17.9 Å². The van der Waals surface area contributed by atoms with Gasteiger partial charge in [-0.15, -0.1) is 0 Å². The fourth-order valence-electron chi connectivity index (χ4n) is 6.41. The summed E-state index contributed by atoms with van der Waals surface area (Å²) < 4.78 is 16.7. The van der Waals surface area contributed by atoms with E-state index in [9.17, 15) is 14.4 Å². The summed E-state index contributed by atoms with van der Waals surface area (Å²) in [4.78, 5) is 37.7. The van der Waals surface area contributed by atoms with Crippen LogP contribution in [0.1, 0.15) is 233 Å². The highest BCUT2D eigenvalue weighted by Crippen LogP contribution is 2.13. The summed E-state index contributed by atoms with van der Waals surface area (Å²) in [5, 5.41) is 0. The van der Waals surface area contributed by atoms with Gasteiger partial charge < -0.3 is 14.2 Å². The number of allylic oxidation sites excluding steroid dienone is 8. The van der Waals surface area contributed by atoms with Crippen LogP contribution >= 0.6 is 0 Å². The molecule has 0 aromatic rings. The third-order valence-electron chi connectivity index (χ3n) is 10.1. The largest absolute Gasteiger partial charge is 0.462 e. The zero-order chi connectivity index (χ0) is 40.8. The fourth-order valence-corrected chi connectivity index (χ4v) is 6.41. The standard InChI is InChI=1S/C50H88O6/c1-4-7-10-13-16-19-22-24-25-26-27-29-31-34-37-40-43-49(52)55-46-47(45-54-48(51)42-39-36-33-30-21-18-15-12-9-6-3)56-50(53)44-41-38-35-32-28-23-20-17-14-11-8-5-2/h15,17-18,20,25-27,29,47H,4-14,16,19,21-24,28,30-46H2,1-3H3/b18-15-,20-17-,26-25-,29-27-. The highest BCUT2D eigenvalue weighted by molar-refractivity contribution is 5.71. The molecule has 0 aromatic carbocycles. The summed E-state index contributed by atoms with van der Waals surface area (Å²) in [6.45, 7) is 6.51. The first-order valence-electron chi connectivity index (χ1n) is 23.7. The van der Waals surface area contributed by atoms with Gasteiger partial charge in [0.25, 0.3) is 0 Å². The molecule has 0 saturated carbocycles. The van der Waals surface area contributed by atoms with Crippen LogP contribution < -0.4 is 0 Å². The smallest absolute Gasteiger partial charge is 0.306 e. The van der Waals surface area contributed by atoms with Gasteiger partial charge in [0.1, 0.15) is 13.2 Å². The number of rotatable bonds is 42. The van der Waals surface area contributed by atoms with E-state index in [1.807, 2.05) is 0 Å². The number of ether oxygens (including phenoxy) is 3. The van der Waals surface area contributed by atoms with E-state index in [0.717, 1.165) is 103 Å². The summed E-state index contributed by atoms with van der Waals surface area (Å²) in [5.41, 5.74) is 0. The lowest BCUT2D eigenvalue weighted by molar-refractivity contribution is -0.167. The molecular formula is C50H88O6. The van der Waals surface area contributed by atoms with Crippen LogP contribution in [0.3, 0.4) is 0 Å². The van der Waals surface area contributed by atoms with Crippen molar-refractivity contribution in [3.63, 3.8) is 0 Å². The Bertz CT molecular complexity index is 996. The number of carbonyl (C=O) groups excluding carboxylic acids is 3. The van der Waals surface area contributed by atoms with Crippen molar-refractivity contribution in [2.24, 2.45) is 0 Å². The van der Waals surface area contributed by atoms with Crippen molar-refractivity contribution in [1.82, 2.24) is 0 Å². The molecule has 1 atom stereocenters. The Morgan fingerprint density at radius 2 is 0.661 bits per heavy atom. The summed E-state index contributed by atoms with van der Waals surface area (Å²) in [7, 11) is 0. The molecule has 0 heterocycles. The van der Waals surface area contributed by atoms with E-state index in [1.165, 1.54) is 89.9 Å². The normalized spacial score (nSPS) is 12.4. The summed E-state index contributed by atoms with van der Waals surface area (Å²) in [6.07, 6.45) is 52.4. The molecule has 0 bridgehead atoms. The third kappa shape index (κ3) is 42.5. The van der Waals surface area contributed by atoms with Gasteiger partial charge in [0, 0.05) is 19.3 Å². The molecule has 0 spiro atoms. The fraction of sp³-hybridized carbons (Fsp3) is 0.780. The predicted molar refractivity (Wildman–Crippen MR) is 238 cm³/mol. The second-order valence-corrected chi connectivity index (χ2v) is 15.7. The molecule has 0 saturated heterocycles. The number of esters is 3. The summed E-state index contributed by atoms with van der Waals surface area (Å²) in [6, 6.07) is 0. The Morgan fingerprint density at radius 1 is 0.357 bits per heavy atom. The van der Waals surface area contributed by atoms with Gasteiger partial charge in [0.15, 0.2) is 6.10 Å². The van der Waals surface area contributed by atoms with Crippen molar-refractivity contribution in [3.8, 4) is 0 Å². The van der Waals surface area contributed by atoms with Crippen LogP contribution in [-0.2, 0) is 28.6 Å². The van der Waals surface area contributed by atoms with Crippen molar-refractivity contribution in [2.45, 2.75) is 239 Å². The number of hydrogen-bond donors (Lipinski definition) is 0. The molecule has 0 aromatic heterocycles. The number of hydrogen-bond acceptors (Lipinski definition) is 6. The SMILES string of the molecule is CCCC/C=C\CCCCCCC(=O)OCC(COC(=O)CCCCC/C=C\C=C/CCCCCCCCC)OC(=O)CCCCCCC/C=C\CCCCC. The van der Waals surface area contributed by atoms with E-state index in [4.69, 9.17) is 14.2 Å². The molecule has 0 amide bonds. The van der Waals surface area contributed by atoms with Crippen LogP contribution in [0.15, 0.2) is 48.6 Å². The van der Waals surface area contributed by atoms with E-state index >= 15 is 0 Å². The Balaban J connectivity index is 4.41. The first-order chi connectivity index (χ1) is 27.5. The Hall–Kier alpha value is -2.63. The van der Waals surface area contributed by atoms with Gasteiger partial charge in [0.05, 0.1) is 0 Å². The van der Waals surface area contributed by atoms with Gasteiger partial charge in [0.2, 0.25) is 0 Å². The molecule has 0 fully saturated rings. The molecule has 56 heavy (non-hydrogen) atoms. The quantitative estimate of drug-likeness (QED) is 0.0202. The lowest BCUT2D eigenvalue weighted by Gasteiger charge is -2.18. The highest BCUT2D eigenvalue weighted by Gasteiger charge is 2.19. The number of unbranched alkanes of at least 4 members (excludes halogenated alkanes) is 24. The molecule has 0 aliphatic heterocycles. The van der Waals surface area contributed by atoms with Crippen LogP contribution in [0.25, 0.3) is 0 Å². The van der Waals surface area contributed by atoms with Gasteiger partial charge in [-0.05, 0) is 89.9 Å². The van der Waals surface area contributed by atoms with E-state index in [1.54, 1.807) is 0 Å². The third-order valence-corrected chi connectivity index (χ3v) is 10.1. The maximum absolute atomic E-state index is 12.7. The Labute approximate surface area is 346 Å². The maximum atomic E-state index is 12.7. The van der Waals surface area contributed by atoms with Gasteiger partial charge in [-0.3, -0.25) is 14.4 Å². The van der Waals surface area contributed by atoms with E-state index in [0.29, 0.717) is 19.3 Å². The zero-order valence-electron chi connectivity index (χ0n) is 36.9. The van der Waals surface area contributed by atoms with Crippen LogP contribution in [0.4, 0.5) is 0 Å². The first kappa shape index (κ1) is 53.4. The molecule has 0 radical (unpaired) electrons. The highest BCUT2D eigenvalue weighted by atomic mass is 16.6. The topological polar surface area (TPSA) is 78.9 Å². The van der Waals surface area contributed by atoms with Gasteiger partial charge in [-0.25, -0.2) is 0 Å². The second-order valence-electron chi connectivity index (χ2n) is 15.7. The van der Waals surface area contributed by atoms with Crippen LogP contribution in [-0.4, -0.2) is 37.2 Å². The zero-order valence-corrected chi connectivity index (χ0v) is 36.9. The number of carbonyl (C=O) groups is 3. The molecule has 0 aliphatic carbocycles. The van der Waals surface area contributed by atoms with E-state index < -0.39 is 6.10 Å². The van der Waals surface area contributed by atoms with Crippen LogP contribution in [0, 0.1) is 0 Å². The van der Waals surface area contributed by atoms with Crippen LogP contribution in [0.2, 0.25) is 0 Å².